The van der Waals surface area contributed by atoms with Crippen LogP contribution in [0.4, 0.5) is 0 Å². The molecule has 1 unspecified atom stereocenters. The van der Waals surface area contributed by atoms with E-state index >= 15 is 0 Å². The van der Waals surface area contributed by atoms with Gasteiger partial charge in [0.1, 0.15) is 0 Å². The van der Waals surface area contributed by atoms with Gasteiger partial charge in [0.05, 0.1) is 11.6 Å². The van der Waals surface area contributed by atoms with Gasteiger partial charge in [0.15, 0.2) is 0 Å². The van der Waals surface area contributed by atoms with Crippen LogP contribution in [0.5, 0.6) is 0 Å². The molecule has 0 radical (unpaired) electrons. The lowest BCUT2D eigenvalue weighted by Gasteiger charge is -2.24. The van der Waals surface area contributed by atoms with Gasteiger partial charge in [-0.2, -0.15) is 0 Å². The largest absolute Gasteiger partial charge is 0.335 e. The van der Waals surface area contributed by atoms with Crippen molar-refractivity contribution in [3.63, 3.8) is 0 Å². The number of nitrogens with zero attached hydrogens (tertiary/aromatic N) is 3. The van der Waals surface area contributed by atoms with Gasteiger partial charge >= 0.3 is 5.69 Å². The van der Waals surface area contributed by atoms with Crippen LogP contribution in [0.2, 0.25) is 0 Å². The second-order valence-corrected chi connectivity index (χ2v) is 5.71. The van der Waals surface area contributed by atoms with Crippen LogP contribution in [0.15, 0.2) is 52.2 Å². The number of rotatable bonds is 4. The molecule has 0 saturated carbocycles. The van der Waals surface area contributed by atoms with Crippen molar-refractivity contribution in [2.45, 2.75) is 13.0 Å². The van der Waals surface area contributed by atoms with Gasteiger partial charge in [0, 0.05) is 33.4 Å². The average Bonchev–Trinajstić information content (AvgIpc) is 2.61. The number of carbonyl (C=O) groups excluding carboxylic acids is 1. The van der Waals surface area contributed by atoms with E-state index in [0.717, 1.165) is 10.1 Å². The smallest absolute Gasteiger partial charge is 0.330 e. The minimum absolute atomic E-state index is 0.0914. The summed E-state index contributed by atoms with van der Waals surface area (Å²) in [4.78, 5) is 37.7. The van der Waals surface area contributed by atoms with Crippen LogP contribution in [0.1, 0.15) is 24.1 Å². The quantitative estimate of drug-likeness (QED) is 0.796. The maximum absolute atomic E-state index is 12.3. The Labute approximate surface area is 140 Å². The Kier molecular flexibility index (Phi) is 5.18. The molecule has 0 fully saturated rings. The van der Waals surface area contributed by atoms with Crippen molar-refractivity contribution in [3.05, 3.63) is 74.6 Å². The number of carbonyl (C=O) groups is 1. The molecular weight excluding hydrogens is 306 g/mol. The van der Waals surface area contributed by atoms with Gasteiger partial charge in [-0.25, -0.2) is 4.79 Å². The van der Waals surface area contributed by atoms with Gasteiger partial charge in [-0.1, -0.05) is 30.3 Å². The van der Waals surface area contributed by atoms with Gasteiger partial charge in [0.2, 0.25) is 5.91 Å². The van der Waals surface area contributed by atoms with Gasteiger partial charge in [-0.15, -0.1) is 0 Å². The molecule has 0 saturated heterocycles. The lowest BCUT2D eigenvalue weighted by atomic mass is 10.1. The molecule has 1 atom stereocenters. The second kappa shape index (κ2) is 7.12. The molecule has 0 bridgehead atoms. The first-order valence-electron chi connectivity index (χ1n) is 7.59. The zero-order valence-corrected chi connectivity index (χ0v) is 14.3. The fourth-order valence-electron chi connectivity index (χ4n) is 2.38. The Balaban J connectivity index is 2.22. The minimum Gasteiger partial charge on any atom is -0.335 e. The highest BCUT2D eigenvalue weighted by Crippen LogP contribution is 2.18. The number of likely N-dealkylation sites (N-methyl/N-ethyl adjacent to an activating group) is 1. The Morgan fingerprint density at radius 2 is 1.79 bits per heavy atom. The molecule has 1 amide bonds. The standard InChI is InChI=1S/C18H21N3O3/c1-13(14-8-6-5-7-9-14)20(3)16(22)11-10-15-12-19(2)18(24)21(4)17(15)23/h5-13H,1-4H3/b11-10+. The maximum atomic E-state index is 12.3. The first-order valence-corrected chi connectivity index (χ1v) is 7.59. The molecule has 0 aliphatic rings. The molecule has 6 nitrogen and oxygen atoms in total. The highest BCUT2D eigenvalue weighted by molar-refractivity contribution is 5.91. The van der Waals surface area contributed by atoms with E-state index < -0.39 is 11.2 Å². The van der Waals surface area contributed by atoms with Crippen LogP contribution in [-0.4, -0.2) is 27.0 Å². The number of aromatic nitrogens is 2. The van der Waals surface area contributed by atoms with Crippen LogP contribution in [0.25, 0.3) is 6.08 Å². The van der Waals surface area contributed by atoms with Crippen LogP contribution in [0, 0.1) is 0 Å². The number of amides is 1. The predicted molar refractivity (Wildman–Crippen MR) is 93.6 cm³/mol. The summed E-state index contributed by atoms with van der Waals surface area (Å²) < 4.78 is 2.32. The molecule has 0 spiro atoms. The van der Waals surface area contributed by atoms with Gasteiger partial charge < -0.3 is 9.47 Å². The van der Waals surface area contributed by atoms with Crippen LogP contribution < -0.4 is 11.2 Å². The van der Waals surface area contributed by atoms with E-state index in [0.29, 0.717) is 0 Å². The predicted octanol–water partition coefficient (Wildman–Crippen LogP) is 1.32. The van der Waals surface area contributed by atoms with E-state index in [-0.39, 0.29) is 17.5 Å². The first kappa shape index (κ1) is 17.5. The molecule has 0 N–H and O–H groups in total. The fourth-order valence-corrected chi connectivity index (χ4v) is 2.38. The van der Waals surface area contributed by atoms with Crippen molar-refractivity contribution >= 4 is 12.0 Å². The molecule has 2 aromatic rings. The molecular formula is C18H21N3O3. The number of hydrogen-bond acceptors (Lipinski definition) is 3. The fraction of sp³-hybridized carbons (Fsp3) is 0.278. The third kappa shape index (κ3) is 3.53. The molecule has 1 aromatic heterocycles. The topological polar surface area (TPSA) is 64.3 Å². The molecule has 24 heavy (non-hydrogen) atoms. The van der Waals surface area contributed by atoms with Crippen LogP contribution in [-0.2, 0) is 18.9 Å². The summed E-state index contributed by atoms with van der Waals surface area (Å²) in [5, 5.41) is 0. The summed E-state index contributed by atoms with van der Waals surface area (Å²) in [6.45, 7) is 1.94. The first-order chi connectivity index (χ1) is 11.3. The highest BCUT2D eigenvalue weighted by atomic mass is 16.2. The van der Waals surface area contributed by atoms with Crippen molar-refractivity contribution in [2.75, 3.05) is 7.05 Å². The summed E-state index contributed by atoms with van der Waals surface area (Å²) in [5.41, 5.74) is 0.479. The SMILES string of the molecule is CC(c1ccccc1)N(C)C(=O)/C=C/c1cn(C)c(=O)n(C)c1=O. The molecule has 2 rings (SSSR count). The van der Waals surface area contributed by atoms with Crippen molar-refractivity contribution in [2.24, 2.45) is 14.1 Å². The Morgan fingerprint density at radius 3 is 2.42 bits per heavy atom. The Hall–Kier alpha value is -2.89. The lowest BCUT2D eigenvalue weighted by Crippen LogP contribution is -2.37. The number of aryl methyl sites for hydroxylation is 1. The number of hydrogen-bond donors (Lipinski definition) is 0. The van der Waals surface area contributed by atoms with Crippen molar-refractivity contribution in [1.29, 1.82) is 0 Å². The van der Waals surface area contributed by atoms with E-state index in [1.54, 1.807) is 19.0 Å². The summed E-state index contributed by atoms with van der Waals surface area (Å²) >= 11 is 0. The average molecular weight is 327 g/mol. The van der Waals surface area contributed by atoms with Crippen LogP contribution >= 0.6 is 0 Å². The van der Waals surface area contributed by atoms with Crippen molar-refractivity contribution in [1.82, 2.24) is 14.0 Å². The van der Waals surface area contributed by atoms with E-state index in [9.17, 15) is 14.4 Å². The molecule has 1 aromatic carbocycles. The lowest BCUT2D eigenvalue weighted by molar-refractivity contribution is -0.126. The Bertz CT molecular complexity index is 879. The minimum atomic E-state index is -0.430. The third-order valence-corrected chi connectivity index (χ3v) is 4.09. The zero-order valence-electron chi connectivity index (χ0n) is 14.3. The monoisotopic (exact) mass is 327 g/mol. The maximum Gasteiger partial charge on any atom is 0.330 e. The summed E-state index contributed by atoms with van der Waals surface area (Å²) in [6.07, 6.45) is 4.22. The Morgan fingerprint density at radius 1 is 1.17 bits per heavy atom. The van der Waals surface area contributed by atoms with Gasteiger partial charge in [0.25, 0.3) is 5.56 Å². The molecule has 0 aliphatic heterocycles. The highest BCUT2D eigenvalue weighted by Gasteiger charge is 2.15. The third-order valence-electron chi connectivity index (χ3n) is 4.09. The summed E-state index contributed by atoms with van der Waals surface area (Å²) in [7, 11) is 4.68. The second-order valence-electron chi connectivity index (χ2n) is 5.71. The van der Waals surface area contributed by atoms with Crippen LogP contribution in [0.3, 0.4) is 0 Å². The van der Waals surface area contributed by atoms with E-state index in [1.807, 2.05) is 37.3 Å². The zero-order chi connectivity index (χ0) is 17.9. The van der Waals surface area contributed by atoms with Crippen molar-refractivity contribution < 1.29 is 4.79 Å². The van der Waals surface area contributed by atoms with E-state index in [4.69, 9.17) is 0 Å². The number of benzene rings is 1. The van der Waals surface area contributed by atoms with E-state index in [1.165, 1.54) is 30.0 Å². The van der Waals surface area contributed by atoms with Gasteiger partial charge in [-0.3, -0.25) is 14.2 Å². The molecule has 126 valence electrons. The molecule has 0 aliphatic carbocycles. The van der Waals surface area contributed by atoms with E-state index in [2.05, 4.69) is 0 Å². The summed E-state index contributed by atoms with van der Waals surface area (Å²) in [5.74, 6) is -0.220. The molecule has 6 heteroatoms. The normalized spacial score (nSPS) is 12.3. The van der Waals surface area contributed by atoms with Gasteiger partial charge in [-0.05, 0) is 18.6 Å². The summed E-state index contributed by atoms with van der Waals surface area (Å²) in [6, 6.07) is 9.60. The molecule has 1 heterocycles. The van der Waals surface area contributed by atoms with Crippen molar-refractivity contribution in [3.8, 4) is 0 Å².